The fourth-order valence-corrected chi connectivity index (χ4v) is 1.60. The van der Waals surface area contributed by atoms with Crippen LogP contribution in [0.4, 0.5) is 0 Å². The Balaban J connectivity index is 2.66. The first-order valence-corrected chi connectivity index (χ1v) is 5.15. The Bertz CT molecular complexity index is 253. The summed E-state index contributed by atoms with van der Waals surface area (Å²) >= 11 is 0. The molecular formula is C12H18O2. The Kier molecular flexibility index (Phi) is 3.93. The maximum Gasteiger partial charge on any atom is 0.333 e. The molecule has 0 fully saturated rings. The molecule has 0 radical (unpaired) electrons. The molecule has 0 aromatic carbocycles. The molecule has 78 valence electrons. The van der Waals surface area contributed by atoms with Gasteiger partial charge in [0.05, 0.1) is 6.10 Å². The molecule has 1 rings (SSSR count). The van der Waals surface area contributed by atoms with E-state index in [1.807, 2.05) is 6.92 Å². The standard InChI is InChI=1S/C12H18O2/c1-9-6-4-5-7-10(2)12(13)14-11(3)8-9/h4,6,9,11H,2,5,7-8H2,1,3H3/b6-4-. The fraction of sp³-hybridized carbons (Fsp3) is 0.583. The van der Waals surface area contributed by atoms with Gasteiger partial charge in [-0.15, -0.1) is 0 Å². The number of hydrogen-bond acceptors (Lipinski definition) is 2. The van der Waals surface area contributed by atoms with Crippen LogP contribution in [0.2, 0.25) is 0 Å². The van der Waals surface area contributed by atoms with Gasteiger partial charge in [0, 0.05) is 5.57 Å². The molecule has 1 heterocycles. The Labute approximate surface area is 85.6 Å². The van der Waals surface area contributed by atoms with E-state index in [0.717, 1.165) is 12.8 Å². The largest absolute Gasteiger partial charge is 0.459 e. The highest BCUT2D eigenvalue weighted by molar-refractivity contribution is 5.87. The quantitative estimate of drug-likeness (QED) is 0.337. The molecule has 2 heteroatoms. The normalized spacial score (nSPS) is 32.1. The number of carbonyl (C=O) groups excluding carboxylic acids is 1. The zero-order chi connectivity index (χ0) is 10.6. The van der Waals surface area contributed by atoms with Crippen LogP contribution in [0.5, 0.6) is 0 Å². The van der Waals surface area contributed by atoms with Crippen molar-refractivity contribution in [2.24, 2.45) is 5.92 Å². The lowest BCUT2D eigenvalue weighted by molar-refractivity contribution is -0.144. The van der Waals surface area contributed by atoms with Crippen LogP contribution in [0.3, 0.4) is 0 Å². The van der Waals surface area contributed by atoms with Crippen molar-refractivity contribution >= 4 is 5.97 Å². The summed E-state index contributed by atoms with van der Waals surface area (Å²) in [5, 5.41) is 0. The van der Waals surface area contributed by atoms with Crippen molar-refractivity contribution in [2.45, 2.75) is 39.2 Å². The monoisotopic (exact) mass is 194 g/mol. The summed E-state index contributed by atoms with van der Waals surface area (Å²) in [6.07, 6.45) is 6.76. The van der Waals surface area contributed by atoms with Crippen molar-refractivity contribution < 1.29 is 9.53 Å². The van der Waals surface area contributed by atoms with Crippen LogP contribution >= 0.6 is 0 Å². The van der Waals surface area contributed by atoms with Gasteiger partial charge in [-0.25, -0.2) is 4.79 Å². The molecule has 0 aromatic heterocycles. The van der Waals surface area contributed by atoms with Crippen molar-refractivity contribution in [3.8, 4) is 0 Å². The minimum Gasteiger partial charge on any atom is -0.459 e. The van der Waals surface area contributed by atoms with Gasteiger partial charge < -0.3 is 4.74 Å². The lowest BCUT2D eigenvalue weighted by atomic mass is 10.0. The van der Waals surface area contributed by atoms with Crippen molar-refractivity contribution in [3.05, 3.63) is 24.3 Å². The zero-order valence-electron chi connectivity index (χ0n) is 8.95. The number of allylic oxidation sites excluding steroid dienone is 2. The second-order valence-electron chi connectivity index (χ2n) is 4.00. The van der Waals surface area contributed by atoms with Crippen LogP contribution in [0, 0.1) is 5.92 Å². The van der Waals surface area contributed by atoms with Gasteiger partial charge in [-0.3, -0.25) is 0 Å². The molecule has 2 unspecified atom stereocenters. The van der Waals surface area contributed by atoms with Crippen molar-refractivity contribution in [1.29, 1.82) is 0 Å². The number of esters is 1. The first-order chi connectivity index (χ1) is 6.59. The van der Waals surface area contributed by atoms with Crippen molar-refractivity contribution in [1.82, 2.24) is 0 Å². The summed E-state index contributed by atoms with van der Waals surface area (Å²) < 4.78 is 5.24. The zero-order valence-corrected chi connectivity index (χ0v) is 8.95. The summed E-state index contributed by atoms with van der Waals surface area (Å²) in [6.45, 7) is 7.78. The number of hydrogen-bond donors (Lipinski definition) is 0. The third-order valence-electron chi connectivity index (χ3n) is 2.38. The topological polar surface area (TPSA) is 26.3 Å². The number of rotatable bonds is 0. The fourth-order valence-electron chi connectivity index (χ4n) is 1.60. The van der Waals surface area contributed by atoms with Gasteiger partial charge >= 0.3 is 5.97 Å². The number of ether oxygens (including phenoxy) is 1. The molecule has 0 saturated carbocycles. The maximum atomic E-state index is 11.4. The minimum atomic E-state index is -0.236. The second-order valence-corrected chi connectivity index (χ2v) is 4.00. The Morgan fingerprint density at radius 3 is 2.93 bits per heavy atom. The molecule has 0 amide bonds. The van der Waals surface area contributed by atoms with Gasteiger partial charge in [-0.05, 0) is 32.1 Å². The van der Waals surface area contributed by atoms with Gasteiger partial charge in [-0.2, -0.15) is 0 Å². The Morgan fingerprint density at radius 2 is 2.21 bits per heavy atom. The summed E-state index contributed by atoms with van der Waals surface area (Å²) in [6, 6.07) is 0. The second kappa shape index (κ2) is 4.99. The highest BCUT2D eigenvalue weighted by Gasteiger charge is 2.15. The first kappa shape index (κ1) is 11.0. The van der Waals surface area contributed by atoms with Gasteiger partial charge in [0.15, 0.2) is 0 Å². The molecule has 0 spiro atoms. The van der Waals surface area contributed by atoms with E-state index in [0.29, 0.717) is 17.9 Å². The maximum absolute atomic E-state index is 11.4. The van der Waals surface area contributed by atoms with E-state index in [9.17, 15) is 4.79 Å². The number of carbonyl (C=O) groups is 1. The van der Waals surface area contributed by atoms with Crippen molar-refractivity contribution in [2.75, 3.05) is 0 Å². The van der Waals surface area contributed by atoms with E-state index in [1.54, 1.807) is 0 Å². The third kappa shape index (κ3) is 3.36. The van der Waals surface area contributed by atoms with Gasteiger partial charge in [0.25, 0.3) is 0 Å². The third-order valence-corrected chi connectivity index (χ3v) is 2.38. The molecule has 0 aliphatic carbocycles. The Morgan fingerprint density at radius 1 is 1.50 bits per heavy atom. The summed E-state index contributed by atoms with van der Waals surface area (Å²) in [4.78, 5) is 11.4. The smallest absolute Gasteiger partial charge is 0.333 e. The van der Waals surface area contributed by atoms with Gasteiger partial charge in [0.2, 0.25) is 0 Å². The molecule has 0 N–H and O–H groups in total. The SMILES string of the molecule is C=C1CC/C=C\C(C)CC(C)OC1=O. The van der Waals surface area contributed by atoms with E-state index < -0.39 is 0 Å². The molecule has 1 aliphatic rings. The van der Waals surface area contributed by atoms with Crippen LogP contribution in [0.15, 0.2) is 24.3 Å². The van der Waals surface area contributed by atoms with Gasteiger partial charge in [0.1, 0.15) is 0 Å². The minimum absolute atomic E-state index is 0.0167. The predicted octanol–water partition coefficient (Wildman–Crippen LogP) is 2.85. The summed E-state index contributed by atoms with van der Waals surface area (Å²) in [5.41, 5.74) is 0.580. The van der Waals surface area contributed by atoms with Crippen LogP contribution < -0.4 is 0 Å². The van der Waals surface area contributed by atoms with Gasteiger partial charge in [-0.1, -0.05) is 25.7 Å². The molecule has 0 bridgehead atoms. The molecular weight excluding hydrogens is 176 g/mol. The Hall–Kier alpha value is -1.05. The highest BCUT2D eigenvalue weighted by Crippen LogP contribution is 2.16. The molecule has 0 saturated heterocycles. The lowest BCUT2D eigenvalue weighted by Gasteiger charge is -2.17. The van der Waals surface area contributed by atoms with E-state index >= 15 is 0 Å². The van der Waals surface area contributed by atoms with E-state index in [4.69, 9.17) is 4.74 Å². The molecule has 0 aromatic rings. The predicted molar refractivity (Wildman–Crippen MR) is 56.8 cm³/mol. The van der Waals surface area contributed by atoms with Crippen LogP contribution in [0.1, 0.15) is 33.1 Å². The van der Waals surface area contributed by atoms with Crippen LogP contribution in [-0.2, 0) is 9.53 Å². The molecule has 14 heavy (non-hydrogen) atoms. The summed E-state index contributed by atoms with van der Waals surface area (Å²) in [5.74, 6) is 0.240. The number of cyclic esters (lactones) is 1. The first-order valence-electron chi connectivity index (χ1n) is 5.15. The van der Waals surface area contributed by atoms with Crippen molar-refractivity contribution in [3.63, 3.8) is 0 Å². The van der Waals surface area contributed by atoms with Crippen LogP contribution in [-0.4, -0.2) is 12.1 Å². The van der Waals surface area contributed by atoms with E-state index in [1.165, 1.54) is 0 Å². The lowest BCUT2D eigenvalue weighted by Crippen LogP contribution is -2.18. The van der Waals surface area contributed by atoms with E-state index in [-0.39, 0.29) is 12.1 Å². The van der Waals surface area contributed by atoms with Crippen LogP contribution in [0.25, 0.3) is 0 Å². The average molecular weight is 194 g/mol. The average Bonchev–Trinajstić information content (AvgIpc) is 2.10. The highest BCUT2D eigenvalue weighted by atomic mass is 16.5. The molecule has 2 nitrogen and oxygen atoms in total. The van der Waals surface area contributed by atoms with E-state index in [2.05, 4.69) is 25.7 Å². The molecule has 1 aliphatic heterocycles. The summed E-state index contributed by atoms with van der Waals surface area (Å²) in [7, 11) is 0. The molecule has 2 atom stereocenters.